The van der Waals surface area contributed by atoms with Gasteiger partial charge in [-0.3, -0.25) is 19.3 Å². The van der Waals surface area contributed by atoms with Crippen LogP contribution < -0.4 is 9.64 Å². The van der Waals surface area contributed by atoms with Gasteiger partial charge in [-0.2, -0.15) is 0 Å². The lowest BCUT2D eigenvalue weighted by Crippen LogP contribution is -2.48. The van der Waals surface area contributed by atoms with Crippen LogP contribution in [-0.2, 0) is 19.1 Å². The minimum Gasteiger partial charge on any atom is -0.497 e. The molecule has 0 unspecified atom stereocenters. The molecule has 0 spiro atoms. The van der Waals surface area contributed by atoms with Gasteiger partial charge in [0, 0.05) is 12.6 Å². The Balaban J connectivity index is 1.74. The van der Waals surface area contributed by atoms with Crippen molar-refractivity contribution in [3.63, 3.8) is 0 Å². The summed E-state index contributed by atoms with van der Waals surface area (Å²) in [5, 5.41) is 0. The zero-order chi connectivity index (χ0) is 18.7. The summed E-state index contributed by atoms with van der Waals surface area (Å²) in [5.74, 6) is -0.345. The predicted octanol–water partition coefficient (Wildman–Crippen LogP) is 1.60. The lowest BCUT2D eigenvalue weighted by molar-refractivity contribution is -0.150. The fourth-order valence-corrected chi connectivity index (χ4v) is 3.66. The number of esters is 1. The van der Waals surface area contributed by atoms with E-state index < -0.39 is 6.04 Å². The Morgan fingerprint density at radius 1 is 1.31 bits per heavy atom. The fourth-order valence-electron chi connectivity index (χ4n) is 3.66. The Morgan fingerprint density at radius 2 is 2.12 bits per heavy atom. The zero-order valence-corrected chi connectivity index (χ0v) is 15.1. The number of hydrogen-bond acceptors (Lipinski definition) is 6. The number of carbonyl (C=O) groups excluding carboxylic acids is 3. The van der Waals surface area contributed by atoms with Gasteiger partial charge >= 0.3 is 5.97 Å². The molecule has 7 heteroatoms. The summed E-state index contributed by atoms with van der Waals surface area (Å²) >= 11 is 0. The Labute approximate surface area is 152 Å². The molecule has 2 atom stereocenters. The number of piperidine rings is 1. The van der Waals surface area contributed by atoms with Crippen molar-refractivity contribution < 1.29 is 23.9 Å². The molecular weight excluding hydrogens is 336 g/mol. The number of amides is 2. The largest absolute Gasteiger partial charge is 0.497 e. The quantitative estimate of drug-likeness (QED) is 0.586. The molecule has 2 heterocycles. The summed E-state index contributed by atoms with van der Waals surface area (Å²) < 4.78 is 10.3. The first-order valence-electron chi connectivity index (χ1n) is 8.96. The number of carbonyl (C=O) groups is 3. The highest BCUT2D eigenvalue weighted by molar-refractivity contribution is 6.22. The average Bonchev–Trinajstić information content (AvgIpc) is 2.96. The molecule has 0 saturated carbocycles. The topological polar surface area (TPSA) is 76.2 Å². The number of anilines is 1. The highest BCUT2D eigenvalue weighted by Gasteiger charge is 2.44. The maximum absolute atomic E-state index is 12.9. The summed E-state index contributed by atoms with van der Waals surface area (Å²) in [6.45, 7) is 3.28. The average molecular weight is 360 g/mol. The molecule has 0 N–H and O–H groups in total. The van der Waals surface area contributed by atoms with Gasteiger partial charge in [-0.05, 0) is 38.4 Å². The van der Waals surface area contributed by atoms with E-state index in [0.29, 0.717) is 31.1 Å². The third-order valence-electron chi connectivity index (χ3n) is 4.95. The van der Waals surface area contributed by atoms with Crippen LogP contribution in [-0.4, -0.2) is 55.5 Å². The van der Waals surface area contributed by atoms with Gasteiger partial charge in [-0.15, -0.1) is 0 Å². The van der Waals surface area contributed by atoms with Crippen molar-refractivity contribution in [3.8, 4) is 5.75 Å². The molecule has 0 radical (unpaired) electrons. The summed E-state index contributed by atoms with van der Waals surface area (Å²) in [6.07, 6.45) is 1.69. The van der Waals surface area contributed by atoms with Crippen LogP contribution in [0, 0.1) is 5.92 Å². The Kier molecular flexibility index (Phi) is 5.56. The number of imide groups is 1. The highest BCUT2D eigenvalue weighted by Crippen LogP contribution is 2.30. The standard InChI is InChI=1S/C19H24N2O5/c1-3-26-19(24)13-6-5-9-20(12-13)16-11-17(22)21(18(16)23)14-7-4-8-15(10-14)25-2/h4,7-8,10,13,16H,3,5-6,9,11-12H2,1-2H3/t13-,16+/m1/s1. The number of methoxy groups -OCH3 is 1. The van der Waals surface area contributed by atoms with Gasteiger partial charge in [0.2, 0.25) is 5.91 Å². The Bertz CT molecular complexity index is 705. The SMILES string of the molecule is CCOC(=O)[C@@H]1CCCN([C@H]2CC(=O)N(c3cccc(OC)c3)C2=O)C1. The molecule has 2 saturated heterocycles. The van der Waals surface area contributed by atoms with E-state index in [1.165, 1.54) is 4.90 Å². The van der Waals surface area contributed by atoms with Crippen LogP contribution >= 0.6 is 0 Å². The molecule has 1 aromatic carbocycles. The maximum atomic E-state index is 12.9. The Hall–Kier alpha value is -2.41. The van der Waals surface area contributed by atoms with E-state index in [0.717, 1.165) is 12.8 Å². The number of rotatable bonds is 5. The first kappa shape index (κ1) is 18.4. The second-order valence-corrected chi connectivity index (χ2v) is 6.57. The molecule has 3 rings (SSSR count). The van der Waals surface area contributed by atoms with Crippen LogP contribution in [0.2, 0.25) is 0 Å². The summed E-state index contributed by atoms with van der Waals surface area (Å²) in [4.78, 5) is 40.6. The minimum atomic E-state index is -0.522. The monoisotopic (exact) mass is 360 g/mol. The van der Waals surface area contributed by atoms with E-state index in [4.69, 9.17) is 9.47 Å². The van der Waals surface area contributed by atoms with Gasteiger partial charge in [0.05, 0.1) is 37.8 Å². The van der Waals surface area contributed by atoms with Crippen molar-refractivity contribution in [2.75, 3.05) is 31.7 Å². The number of likely N-dealkylation sites (tertiary alicyclic amines) is 1. The molecule has 2 aliphatic heterocycles. The van der Waals surface area contributed by atoms with Gasteiger partial charge in [0.25, 0.3) is 5.91 Å². The zero-order valence-electron chi connectivity index (χ0n) is 15.1. The van der Waals surface area contributed by atoms with E-state index >= 15 is 0 Å². The molecule has 140 valence electrons. The third kappa shape index (κ3) is 3.58. The van der Waals surface area contributed by atoms with Crippen molar-refractivity contribution in [3.05, 3.63) is 24.3 Å². The molecule has 0 aromatic heterocycles. The van der Waals surface area contributed by atoms with Crippen molar-refractivity contribution in [1.82, 2.24) is 4.90 Å². The number of ether oxygens (including phenoxy) is 2. The van der Waals surface area contributed by atoms with E-state index in [1.54, 1.807) is 38.3 Å². The molecule has 7 nitrogen and oxygen atoms in total. The van der Waals surface area contributed by atoms with Crippen LogP contribution in [0.5, 0.6) is 5.75 Å². The molecule has 2 fully saturated rings. The van der Waals surface area contributed by atoms with E-state index in [2.05, 4.69) is 0 Å². The van der Waals surface area contributed by atoms with Crippen LogP contribution in [0.4, 0.5) is 5.69 Å². The van der Waals surface area contributed by atoms with E-state index in [-0.39, 0.29) is 30.1 Å². The van der Waals surface area contributed by atoms with Crippen LogP contribution in [0.15, 0.2) is 24.3 Å². The summed E-state index contributed by atoms with van der Waals surface area (Å²) in [5.41, 5.74) is 0.515. The van der Waals surface area contributed by atoms with E-state index in [9.17, 15) is 14.4 Å². The van der Waals surface area contributed by atoms with Gasteiger partial charge in [0.1, 0.15) is 5.75 Å². The number of benzene rings is 1. The van der Waals surface area contributed by atoms with Crippen LogP contribution in [0.25, 0.3) is 0 Å². The van der Waals surface area contributed by atoms with Crippen LogP contribution in [0.3, 0.4) is 0 Å². The Morgan fingerprint density at radius 3 is 2.85 bits per heavy atom. The molecule has 26 heavy (non-hydrogen) atoms. The predicted molar refractivity (Wildman–Crippen MR) is 94.8 cm³/mol. The van der Waals surface area contributed by atoms with Crippen molar-refractivity contribution >= 4 is 23.5 Å². The summed E-state index contributed by atoms with van der Waals surface area (Å²) in [6, 6.07) is 6.39. The lowest BCUT2D eigenvalue weighted by Gasteiger charge is -2.34. The highest BCUT2D eigenvalue weighted by atomic mass is 16.5. The second kappa shape index (κ2) is 7.86. The second-order valence-electron chi connectivity index (χ2n) is 6.57. The molecule has 2 amide bonds. The first-order chi connectivity index (χ1) is 12.5. The first-order valence-corrected chi connectivity index (χ1v) is 8.96. The maximum Gasteiger partial charge on any atom is 0.310 e. The number of hydrogen-bond donors (Lipinski definition) is 0. The van der Waals surface area contributed by atoms with Crippen LogP contribution in [0.1, 0.15) is 26.2 Å². The van der Waals surface area contributed by atoms with Crippen molar-refractivity contribution in [1.29, 1.82) is 0 Å². The molecule has 1 aromatic rings. The van der Waals surface area contributed by atoms with Crippen molar-refractivity contribution in [2.45, 2.75) is 32.2 Å². The molecular formula is C19H24N2O5. The third-order valence-corrected chi connectivity index (χ3v) is 4.95. The van der Waals surface area contributed by atoms with Gasteiger partial charge in [0.15, 0.2) is 0 Å². The molecule has 2 aliphatic rings. The molecule has 0 bridgehead atoms. The minimum absolute atomic E-state index is 0.131. The van der Waals surface area contributed by atoms with Gasteiger partial charge < -0.3 is 9.47 Å². The van der Waals surface area contributed by atoms with Gasteiger partial charge in [-0.1, -0.05) is 6.07 Å². The fraction of sp³-hybridized carbons (Fsp3) is 0.526. The lowest BCUT2D eigenvalue weighted by atomic mass is 9.96. The normalized spacial score (nSPS) is 24.0. The van der Waals surface area contributed by atoms with Crippen molar-refractivity contribution in [2.24, 2.45) is 5.92 Å². The summed E-state index contributed by atoms with van der Waals surface area (Å²) in [7, 11) is 1.54. The number of nitrogens with zero attached hydrogens (tertiary/aromatic N) is 2. The molecule has 0 aliphatic carbocycles. The van der Waals surface area contributed by atoms with Gasteiger partial charge in [-0.25, -0.2) is 4.90 Å². The van der Waals surface area contributed by atoms with E-state index in [1.807, 2.05) is 4.90 Å². The smallest absolute Gasteiger partial charge is 0.310 e.